The maximum atomic E-state index is 4.66. The third kappa shape index (κ3) is 1.82. The Morgan fingerprint density at radius 2 is 2.00 bits per heavy atom. The standard InChI is InChI=1S/C12H16BrN3/c1-4-16(5-2)12-14-10-7-6-9(13)8-11(10)15(12)3/h6-8H,4-5H2,1-3H3. The number of fused-ring (bicyclic) bond motifs is 1. The normalized spacial score (nSPS) is 11.0. The molecule has 0 unspecified atom stereocenters. The van der Waals surface area contributed by atoms with Gasteiger partial charge in [-0.1, -0.05) is 15.9 Å². The lowest BCUT2D eigenvalue weighted by atomic mass is 10.3. The van der Waals surface area contributed by atoms with Crippen molar-refractivity contribution in [2.75, 3.05) is 18.0 Å². The summed E-state index contributed by atoms with van der Waals surface area (Å²) in [6.45, 7) is 6.27. The van der Waals surface area contributed by atoms with E-state index >= 15 is 0 Å². The van der Waals surface area contributed by atoms with Crippen molar-refractivity contribution in [3.8, 4) is 0 Å². The van der Waals surface area contributed by atoms with Crippen LogP contribution in [0.5, 0.6) is 0 Å². The quantitative estimate of drug-likeness (QED) is 0.862. The summed E-state index contributed by atoms with van der Waals surface area (Å²) in [5, 5.41) is 0. The average molecular weight is 282 g/mol. The predicted molar refractivity (Wildman–Crippen MR) is 72.0 cm³/mol. The van der Waals surface area contributed by atoms with Crippen molar-refractivity contribution in [1.29, 1.82) is 0 Å². The molecule has 1 aromatic heterocycles. The van der Waals surface area contributed by atoms with Gasteiger partial charge in [0.1, 0.15) is 0 Å². The van der Waals surface area contributed by atoms with Crippen molar-refractivity contribution in [2.24, 2.45) is 7.05 Å². The lowest BCUT2D eigenvalue weighted by Crippen LogP contribution is -2.24. The van der Waals surface area contributed by atoms with Crippen molar-refractivity contribution < 1.29 is 0 Å². The van der Waals surface area contributed by atoms with Gasteiger partial charge >= 0.3 is 0 Å². The zero-order valence-corrected chi connectivity index (χ0v) is 11.5. The Hall–Kier alpha value is -1.03. The molecule has 0 saturated heterocycles. The molecule has 86 valence electrons. The summed E-state index contributed by atoms with van der Waals surface area (Å²) in [6.07, 6.45) is 0. The molecular weight excluding hydrogens is 266 g/mol. The highest BCUT2D eigenvalue weighted by Crippen LogP contribution is 2.24. The zero-order chi connectivity index (χ0) is 11.7. The van der Waals surface area contributed by atoms with Crippen molar-refractivity contribution in [2.45, 2.75) is 13.8 Å². The first-order chi connectivity index (χ1) is 7.67. The van der Waals surface area contributed by atoms with Gasteiger partial charge in [-0.2, -0.15) is 0 Å². The topological polar surface area (TPSA) is 21.1 Å². The second kappa shape index (κ2) is 4.45. The predicted octanol–water partition coefficient (Wildman–Crippen LogP) is 3.18. The molecule has 0 bridgehead atoms. The number of halogens is 1. The van der Waals surface area contributed by atoms with Crippen LogP contribution in [-0.2, 0) is 7.05 Å². The molecular formula is C12H16BrN3. The molecule has 1 aromatic carbocycles. The summed E-state index contributed by atoms with van der Waals surface area (Å²) in [5.41, 5.74) is 2.21. The molecule has 2 aromatic rings. The number of anilines is 1. The van der Waals surface area contributed by atoms with Crippen LogP contribution in [0, 0.1) is 0 Å². The van der Waals surface area contributed by atoms with Crippen LogP contribution in [0.3, 0.4) is 0 Å². The number of hydrogen-bond acceptors (Lipinski definition) is 2. The third-order valence-electron chi connectivity index (χ3n) is 2.87. The highest BCUT2D eigenvalue weighted by atomic mass is 79.9. The van der Waals surface area contributed by atoms with E-state index in [0.717, 1.165) is 34.5 Å². The number of hydrogen-bond donors (Lipinski definition) is 0. The van der Waals surface area contributed by atoms with E-state index in [1.807, 2.05) is 12.1 Å². The zero-order valence-electron chi connectivity index (χ0n) is 9.87. The molecule has 4 heteroatoms. The molecule has 0 fully saturated rings. The summed E-state index contributed by atoms with van der Waals surface area (Å²) in [5.74, 6) is 1.04. The van der Waals surface area contributed by atoms with Gasteiger partial charge in [-0.15, -0.1) is 0 Å². The van der Waals surface area contributed by atoms with Gasteiger partial charge in [-0.25, -0.2) is 4.98 Å². The average Bonchev–Trinajstić information content (AvgIpc) is 2.59. The number of nitrogens with zero attached hydrogens (tertiary/aromatic N) is 3. The van der Waals surface area contributed by atoms with E-state index in [-0.39, 0.29) is 0 Å². The molecule has 0 saturated carbocycles. The molecule has 0 amide bonds. The molecule has 2 rings (SSSR count). The lowest BCUT2D eigenvalue weighted by Gasteiger charge is -2.19. The summed E-state index contributed by atoms with van der Waals surface area (Å²) in [7, 11) is 2.06. The first kappa shape index (κ1) is 11.5. The fraction of sp³-hybridized carbons (Fsp3) is 0.417. The van der Waals surface area contributed by atoms with Crippen LogP contribution in [0.25, 0.3) is 11.0 Å². The second-order valence-electron chi connectivity index (χ2n) is 3.78. The summed E-state index contributed by atoms with van der Waals surface area (Å²) < 4.78 is 3.24. The van der Waals surface area contributed by atoms with Crippen LogP contribution in [0.2, 0.25) is 0 Å². The number of aromatic nitrogens is 2. The van der Waals surface area contributed by atoms with Crippen LogP contribution in [0.1, 0.15) is 13.8 Å². The van der Waals surface area contributed by atoms with E-state index in [2.05, 4.69) is 57.3 Å². The second-order valence-corrected chi connectivity index (χ2v) is 4.69. The van der Waals surface area contributed by atoms with E-state index in [1.54, 1.807) is 0 Å². The molecule has 3 nitrogen and oxygen atoms in total. The van der Waals surface area contributed by atoms with Gasteiger partial charge in [0.05, 0.1) is 11.0 Å². The van der Waals surface area contributed by atoms with Gasteiger partial charge in [-0.3, -0.25) is 0 Å². The monoisotopic (exact) mass is 281 g/mol. The first-order valence-electron chi connectivity index (χ1n) is 5.54. The van der Waals surface area contributed by atoms with Crippen molar-refractivity contribution in [3.63, 3.8) is 0 Å². The summed E-state index contributed by atoms with van der Waals surface area (Å²) in [4.78, 5) is 6.92. The van der Waals surface area contributed by atoms with Crippen molar-refractivity contribution >= 4 is 32.9 Å². The number of imidazole rings is 1. The minimum absolute atomic E-state index is 0.981. The maximum Gasteiger partial charge on any atom is 0.206 e. The van der Waals surface area contributed by atoms with Gasteiger partial charge in [0.25, 0.3) is 0 Å². The van der Waals surface area contributed by atoms with Gasteiger partial charge in [0.15, 0.2) is 0 Å². The molecule has 0 atom stereocenters. The van der Waals surface area contributed by atoms with Crippen LogP contribution in [-0.4, -0.2) is 22.6 Å². The fourth-order valence-electron chi connectivity index (χ4n) is 1.94. The van der Waals surface area contributed by atoms with E-state index in [9.17, 15) is 0 Å². The smallest absolute Gasteiger partial charge is 0.206 e. The molecule has 16 heavy (non-hydrogen) atoms. The number of rotatable bonds is 3. The lowest BCUT2D eigenvalue weighted by molar-refractivity contribution is 0.785. The summed E-state index contributed by atoms with van der Waals surface area (Å²) in [6, 6.07) is 6.18. The number of benzene rings is 1. The molecule has 1 heterocycles. The Kier molecular flexibility index (Phi) is 3.19. The minimum atomic E-state index is 0.981. The SMILES string of the molecule is CCN(CC)c1nc2ccc(Br)cc2n1C. The van der Waals surface area contributed by atoms with E-state index in [1.165, 1.54) is 0 Å². The van der Waals surface area contributed by atoms with Crippen molar-refractivity contribution in [3.05, 3.63) is 22.7 Å². The number of aryl methyl sites for hydroxylation is 1. The maximum absolute atomic E-state index is 4.66. The Morgan fingerprint density at radius 3 is 2.62 bits per heavy atom. The largest absolute Gasteiger partial charge is 0.343 e. The molecule has 0 aliphatic heterocycles. The van der Waals surface area contributed by atoms with Crippen LogP contribution >= 0.6 is 15.9 Å². The van der Waals surface area contributed by atoms with Crippen LogP contribution in [0.4, 0.5) is 5.95 Å². The molecule has 0 aliphatic rings. The summed E-state index contributed by atoms with van der Waals surface area (Å²) >= 11 is 3.49. The molecule has 0 N–H and O–H groups in total. The van der Waals surface area contributed by atoms with Crippen LogP contribution < -0.4 is 4.90 Å². The van der Waals surface area contributed by atoms with Crippen molar-refractivity contribution in [1.82, 2.24) is 9.55 Å². The van der Waals surface area contributed by atoms with Gasteiger partial charge in [0.2, 0.25) is 5.95 Å². The van der Waals surface area contributed by atoms with E-state index < -0.39 is 0 Å². The fourth-order valence-corrected chi connectivity index (χ4v) is 2.29. The van der Waals surface area contributed by atoms with Gasteiger partial charge in [0, 0.05) is 24.6 Å². The molecule has 0 radical (unpaired) electrons. The Labute approximate surface area is 104 Å². The minimum Gasteiger partial charge on any atom is -0.343 e. The van der Waals surface area contributed by atoms with Gasteiger partial charge in [-0.05, 0) is 32.0 Å². The van der Waals surface area contributed by atoms with Crippen LogP contribution in [0.15, 0.2) is 22.7 Å². The molecule has 0 spiro atoms. The van der Waals surface area contributed by atoms with Gasteiger partial charge < -0.3 is 9.47 Å². The Balaban J connectivity index is 2.59. The highest BCUT2D eigenvalue weighted by Gasteiger charge is 2.12. The Morgan fingerprint density at radius 1 is 1.31 bits per heavy atom. The van der Waals surface area contributed by atoms with E-state index in [4.69, 9.17) is 0 Å². The molecule has 0 aliphatic carbocycles. The highest BCUT2D eigenvalue weighted by molar-refractivity contribution is 9.10. The first-order valence-corrected chi connectivity index (χ1v) is 6.33. The third-order valence-corrected chi connectivity index (χ3v) is 3.36. The van der Waals surface area contributed by atoms with E-state index in [0.29, 0.717) is 0 Å². The Bertz CT molecular complexity index is 500.